The maximum absolute atomic E-state index is 12.1. The van der Waals surface area contributed by atoms with Crippen LogP contribution in [0.5, 0.6) is 5.75 Å². The molecule has 1 fully saturated rings. The van der Waals surface area contributed by atoms with E-state index < -0.39 is 6.36 Å². The van der Waals surface area contributed by atoms with Crippen molar-refractivity contribution in [3.05, 3.63) is 24.3 Å². The van der Waals surface area contributed by atoms with Crippen molar-refractivity contribution >= 4 is 24.0 Å². The van der Waals surface area contributed by atoms with E-state index in [4.69, 9.17) is 9.84 Å². The fraction of sp³-hybridized carbons (Fsp3) is 0.588. The van der Waals surface area contributed by atoms with Crippen LogP contribution in [0.3, 0.4) is 0 Å². The van der Waals surface area contributed by atoms with Crippen molar-refractivity contribution in [2.24, 2.45) is 0 Å². The van der Waals surface area contributed by atoms with Gasteiger partial charge in [0.1, 0.15) is 5.75 Å². The summed E-state index contributed by atoms with van der Waals surface area (Å²) in [5.74, 6) is -0.557. The molecule has 1 aromatic rings. The van der Waals surface area contributed by atoms with Gasteiger partial charge in [-0.15, -0.1) is 25.6 Å². The normalized spacial score (nSPS) is 15.7. The second kappa shape index (κ2) is 12.1. The van der Waals surface area contributed by atoms with Crippen LogP contribution < -0.4 is 10.1 Å². The maximum atomic E-state index is 12.1. The van der Waals surface area contributed by atoms with Crippen molar-refractivity contribution in [2.75, 3.05) is 64.4 Å². The first kappa shape index (κ1) is 24.4. The van der Waals surface area contributed by atoms with E-state index in [9.17, 15) is 18.0 Å². The molecule has 11 heteroatoms. The standard InChI is InChI=1S/C17H24F3N3O4.ClH/c18-17(19,20)27-15-3-1-14(2-4-15)21-16(25)13-23-7-5-22(6-8-23)9-11-26-12-10-24;/h1-4,24H,5-13H2,(H,21,25);1H. The molecule has 2 rings (SSSR count). The molecular weight excluding hydrogens is 403 g/mol. The van der Waals surface area contributed by atoms with E-state index in [2.05, 4.69) is 15.0 Å². The third kappa shape index (κ3) is 9.56. The van der Waals surface area contributed by atoms with Crippen molar-refractivity contribution in [1.82, 2.24) is 9.80 Å². The molecule has 0 unspecified atom stereocenters. The predicted octanol–water partition coefficient (Wildman–Crippen LogP) is 1.57. The Hall–Kier alpha value is -1.59. The minimum atomic E-state index is -4.74. The Bertz CT molecular complexity index is 582. The summed E-state index contributed by atoms with van der Waals surface area (Å²) >= 11 is 0. The molecule has 0 bridgehead atoms. The minimum absolute atomic E-state index is 0. The first-order valence-electron chi connectivity index (χ1n) is 8.65. The molecule has 0 radical (unpaired) electrons. The summed E-state index contributed by atoms with van der Waals surface area (Å²) < 4.78 is 45.4. The number of anilines is 1. The number of ether oxygens (including phenoxy) is 2. The average molecular weight is 428 g/mol. The number of hydrogen-bond acceptors (Lipinski definition) is 6. The fourth-order valence-electron chi connectivity index (χ4n) is 2.67. The average Bonchev–Trinajstić information content (AvgIpc) is 2.60. The highest BCUT2D eigenvalue weighted by Gasteiger charge is 2.31. The van der Waals surface area contributed by atoms with E-state index in [0.717, 1.165) is 44.9 Å². The number of piperazine rings is 1. The van der Waals surface area contributed by atoms with Crippen molar-refractivity contribution in [3.8, 4) is 5.75 Å². The Balaban J connectivity index is 0.00000392. The lowest BCUT2D eigenvalue weighted by Gasteiger charge is -2.34. The topological polar surface area (TPSA) is 74.3 Å². The molecule has 160 valence electrons. The van der Waals surface area contributed by atoms with E-state index in [1.165, 1.54) is 12.1 Å². The SMILES string of the molecule is Cl.O=C(CN1CCN(CCOCCO)CC1)Nc1ccc(OC(F)(F)F)cc1. The first-order chi connectivity index (χ1) is 12.9. The molecule has 1 aliphatic rings. The molecule has 1 heterocycles. The highest BCUT2D eigenvalue weighted by atomic mass is 35.5. The van der Waals surface area contributed by atoms with Gasteiger partial charge >= 0.3 is 6.36 Å². The Morgan fingerprint density at radius 2 is 1.68 bits per heavy atom. The van der Waals surface area contributed by atoms with Crippen molar-refractivity contribution in [1.29, 1.82) is 0 Å². The predicted molar refractivity (Wildman–Crippen MR) is 99.8 cm³/mol. The van der Waals surface area contributed by atoms with Gasteiger partial charge in [-0.1, -0.05) is 0 Å². The van der Waals surface area contributed by atoms with Gasteiger partial charge in [0.05, 0.1) is 26.4 Å². The van der Waals surface area contributed by atoms with Crippen LogP contribution in [0.25, 0.3) is 0 Å². The number of rotatable bonds is 9. The van der Waals surface area contributed by atoms with Gasteiger partial charge < -0.3 is 19.9 Å². The summed E-state index contributed by atoms with van der Waals surface area (Å²) in [7, 11) is 0. The number of halogens is 4. The van der Waals surface area contributed by atoms with Gasteiger partial charge in [-0.2, -0.15) is 0 Å². The van der Waals surface area contributed by atoms with Gasteiger partial charge in [0.25, 0.3) is 0 Å². The minimum Gasteiger partial charge on any atom is -0.406 e. The number of benzene rings is 1. The second-order valence-corrected chi connectivity index (χ2v) is 6.07. The number of aliphatic hydroxyl groups excluding tert-OH is 1. The van der Waals surface area contributed by atoms with E-state index in [1.807, 2.05) is 4.90 Å². The molecular formula is C17H25ClF3N3O4. The van der Waals surface area contributed by atoms with Crippen LogP contribution in [-0.4, -0.2) is 86.3 Å². The number of hydrogen-bond donors (Lipinski definition) is 2. The molecule has 1 amide bonds. The lowest BCUT2D eigenvalue weighted by atomic mass is 10.3. The lowest BCUT2D eigenvalue weighted by molar-refractivity contribution is -0.274. The molecule has 0 spiro atoms. The summed E-state index contributed by atoms with van der Waals surface area (Å²) in [6, 6.07) is 5.04. The van der Waals surface area contributed by atoms with Gasteiger partial charge in [0.2, 0.25) is 5.91 Å². The molecule has 0 aromatic heterocycles. The number of carbonyl (C=O) groups excluding carboxylic acids is 1. The van der Waals surface area contributed by atoms with E-state index in [-0.39, 0.29) is 37.2 Å². The van der Waals surface area contributed by atoms with Crippen molar-refractivity contribution in [2.45, 2.75) is 6.36 Å². The highest BCUT2D eigenvalue weighted by molar-refractivity contribution is 5.92. The molecule has 1 aromatic carbocycles. The lowest BCUT2D eigenvalue weighted by Crippen LogP contribution is -2.49. The van der Waals surface area contributed by atoms with Gasteiger partial charge in [-0.25, -0.2) is 0 Å². The third-order valence-corrected chi connectivity index (χ3v) is 3.99. The van der Waals surface area contributed by atoms with E-state index >= 15 is 0 Å². The van der Waals surface area contributed by atoms with E-state index in [1.54, 1.807) is 0 Å². The Morgan fingerprint density at radius 1 is 1.07 bits per heavy atom. The van der Waals surface area contributed by atoms with Gasteiger partial charge in [0, 0.05) is 38.4 Å². The van der Waals surface area contributed by atoms with Crippen LogP contribution in [-0.2, 0) is 9.53 Å². The summed E-state index contributed by atoms with van der Waals surface area (Å²) in [6.45, 7) is 5.04. The summed E-state index contributed by atoms with van der Waals surface area (Å²) in [4.78, 5) is 16.3. The van der Waals surface area contributed by atoms with Crippen LogP contribution in [0.4, 0.5) is 18.9 Å². The first-order valence-corrected chi connectivity index (χ1v) is 8.65. The molecule has 2 N–H and O–H groups in total. The fourth-order valence-corrected chi connectivity index (χ4v) is 2.67. The molecule has 0 atom stereocenters. The largest absolute Gasteiger partial charge is 0.573 e. The second-order valence-electron chi connectivity index (χ2n) is 6.07. The Morgan fingerprint density at radius 3 is 2.25 bits per heavy atom. The number of amides is 1. The Kier molecular flexibility index (Phi) is 10.5. The maximum Gasteiger partial charge on any atom is 0.573 e. The van der Waals surface area contributed by atoms with Gasteiger partial charge in [-0.3, -0.25) is 14.6 Å². The van der Waals surface area contributed by atoms with Crippen LogP contribution in [0.1, 0.15) is 0 Å². The van der Waals surface area contributed by atoms with Crippen LogP contribution in [0.15, 0.2) is 24.3 Å². The van der Waals surface area contributed by atoms with E-state index in [0.29, 0.717) is 18.9 Å². The third-order valence-electron chi connectivity index (χ3n) is 3.99. The number of nitrogens with one attached hydrogen (secondary N) is 1. The van der Waals surface area contributed by atoms with Crippen LogP contribution in [0, 0.1) is 0 Å². The zero-order valence-corrected chi connectivity index (χ0v) is 16.1. The number of alkyl halides is 3. The smallest absolute Gasteiger partial charge is 0.406 e. The van der Waals surface area contributed by atoms with Crippen LogP contribution in [0.2, 0.25) is 0 Å². The zero-order chi connectivity index (χ0) is 19.7. The summed E-state index contributed by atoms with van der Waals surface area (Å²) in [5.41, 5.74) is 0.411. The highest BCUT2D eigenvalue weighted by Crippen LogP contribution is 2.23. The monoisotopic (exact) mass is 427 g/mol. The summed E-state index contributed by atoms with van der Waals surface area (Å²) in [6.07, 6.45) is -4.74. The van der Waals surface area contributed by atoms with Crippen molar-refractivity contribution in [3.63, 3.8) is 0 Å². The van der Waals surface area contributed by atoms with Gasteiger partial charge in [-0.05, 0) is 24.3 Å². The molecule has 28 heavy (non-hydrogen) atoms. The van der Waals surface area contributed by atoms with Crippen LogP contribution >= 0.6 is 12.4 Å². The zero-order valence-electron chi connectivity index (χ0n) is 15.3. The number of nitrogens with zero attached hydrogens (tertiary/aromatic N) is 2. The molecule has 1 saturated heterocycles. The summed E-state index contributed by atoms with van der Waals surface area (Å²) in [5, 5.41) is 11.3. The number of aliphatic hydroxyl groups is 1. The molecule has 0 saturated carbocycles. The number of carbonyl (C=O) groups is 1. The Labute approximate surface area is 167 Å². The quantitative estimate of drug-likeness (QED) is 0.583. The van der Waals surface area contributed by atoms with Crippen molar-refractivity contribution < 1.29 is 32.5 Å². The van der Waals surface area contributed by atoms with Gasteiger partial charge in [0.15, 0.2) is 0 Å². The molecule has 0 aliphatic carbocycles. The molecule has 7 nitrogen and oxygen atoms in total. The molecule has 1 aliphatic heterocycles.